The second-order valence-electron chi connectivity index (χ2n) is 4.11. The number of nitrogens with zero attached hydrogens (tertiary/aromatic N) is 1. The van der Waals surface area contributed by atoms with Crippen LogP contribution in [0.1, 0.15) is 12.0 Å². The Labute approximate surface area is 110 Å². The Morgan fingerprint density at radius 2 is 2.11 bits per heavy atom. The number of esters is 1. The van der Waals surface area contributed by atoms with Crippen molar-refractivity contribution >= 4 is 5.97 Å². The number of carbonyl (C=O) groups is 1. The highest BCUT2D eigenvalue weighted by molar-refractivity contribution is 5.71. The molecule has 0 unspecified atom stereocenters. The number of rotatable bonds is 7. The lowest BCUT2D eigenvalue weighted by atomic mass is 10.2. The molecule has 1 aromatic carbocycles. The van der Waals surface area contributed by atoms with Crippen molar-refractivity contribution in [3.8, 4) is 0 Å². The number of benzene rings is 1. The van der Waals surface area contributed by atoms with Crippen LogP contribution in [0.3, 0.4) is 0 Å². The molecule has 106 valence electrons. The van der Waals surface area contributed by atoms with Gasteiger partial charge >= 0.3 is 5.97 Å². The van der Waals surface area contributed by atoms with Crippen molar-refractivity contribution in [1.82, 2.24) is 4.90 Å². The third-order valence-corrected chi connectivity index (χ3v) is 2.60. The van der Waals surface area contributed by atoms with Gasteiger partial charge in [-0.15, -0.1) is 0 Å². The molecule has 6 heteroatoms. The molecule has 0 spiro atoms. The van der Waals surface area contributed by atoms with Crippen molar-refractivity contribution in [2.75, 3.05) is 26.8 Å². The molecule has 0 fully saturated rings. The summed E-state index contributed by atoms with van der Waals surface area (Å²) in [7, 11) is 1.28. The molecule has 19 heavy (non-hydrogen) atoms. The molecule has 0 saturated carbocycles. The molecule has 0 saturated heterocycles. The summed E-state index contributed by atoms with van der Waals surface area (Å²) in [5, 5.41) is 8.80. The molecule has 4 nitrogen and oxygen atoms in total. The number of aliphatic hydroxyl groups is 1. The van der Waals surface area contributed by atoms with Crippen molar-refractivity contribution in [2.24, 2.45) is 0 Å². The summed E-state index contributed by atoms with van der Waals surface area (Å²) in [6.07, 6.45) is 0.487. The van der Waals surface area contributed by atoms with Gasteiger partial charge in [0.2, 0.25) is 0 Å². The topological polar surface area (TPSA) is 49.8 Å². The van der Waals surface area contributed by atoms with E-state index in [2.05, 4.69) is 4.74 Å². The number of ether oxygens (including phenoxy) is 1. The van der Waals surface area contributed by atoms with Crippen LogP contribution in [0.15, 0.2) is 18.2 Å². The number of carbonyl (C=O) groups excluding carboxylic acids is 1. The maximum atomic E-state index is 13.1. The van der Waals surface area contributed by atoms with Gasteiger partial charge in [-0.05, 0) is 24.1 Å². The number of aliphatic hydroxyl groups excluding tert-OH is 1. The molecule has 1 rings (SSSR count). The molecule has 0 amide bonds. The minimum atomic E-state index is -0.919. The minimum Gasteiger partial charge on any atom is -0.468 e. The number of hydrogen-bond donors (Lipinski definition) is 1. The summed E-state index contributed by atoms with van der Waals surface area (Å²) in [6, 6.07) is 3.60. The third-order valence-electron chi connectivity index (χ3n) is 2.60. The third kappa shape index (κ3) is 5.32. The number of methoxy groups -OCH3 is 1. The Bertz CT molecular complexity index is 426. The summed E-state index contributed by atoms with van der Waals surface area (Å²) >= 11 is 0. The molecule has 0 aliphatic rings. The second-order valence-corrected chi connectivity index (χ2v) is 4.11. The van der Waals surface area contributed by atoms with E-state index in [4.69, 9.17) is 5.11 Å². The molecule has 0 bridgehead atoms. The maximum Gasteiger partial charge on any atom is 0.319 e. The van der Waals surface area contributed by atoms with Crippen LogP contribution >= 0.6 is 0 Å². The number of hydrogen-bond acceptors (Lipinski definition) is 4. The SMILES string of the molecule is COC(=O)CN(CCCO)Cc1ccc(F)c(F)c1. The zero-order chi connectivity index (χ0) is 14.3. The van der Waals surface area contributed by atoms with Crippen LogP contribution in [0, 0.1) is 11.6 Å². The fourth-order valence-corrected chi connectivity index (χ4v) is 1.65. The van der Waals surface area contributed by atoms with Crippen LogP contribution in [0.2, 0.25) is 0 Å². The summed E-state index contributed by atoms with van der Waals surface area (Å²) in [5.74, 6) is -2.24. The average molecular weight is 273 g/mol. The Morgan fingerprint density at radius 1 is 1.37 bits per heavy atom. The van der Waals surface area contributed by atoms with Gasteiger partial charge in [0, 0.05) is 19.7 Å². The predicted molar refractivity (Wildman–Crippen MR) is 65.4 cm³/mol. The highest BCUT2D eigenvalue weighted by Crippen LogP contribution is 2.11. The van der Waals surface area contributed by atoms with Crippen molar-refractivity contribution in [3.63, 3.8) is 0 Å². The van der Waals surface area contributed by atoms with Crippen LogP contribution in [-0.2, 0) is 16.1 Å². The first-order valence-corrected chi connectivity index (χ1v) is 5.90. The zero-order valence-electron chi connectivity index (χ0n) is 10.7. The summed E-state index contributed by atoms with van der Waals surface area (Å²) in [6.45, 7) is 0.780. The molecular weight excluding hydrogens is 256 g/mol. The summed E-state index contributed by atoms with van der Waals surface area (Å²) in [4.78, 5) is 12.9. The standard InChI is InChI=1S/C13H17F2NO3/c1-19-13(18)9-16(5-2-6-17)8-10-3-4-11(14)12(15)7-10/h3-4,7,17H,2,5-6,8-9H2,1H3. The Kier molecular flexibility index (Phi) is 6.38. The lowest BCUT2D eigenvalue weighted by Crippen LogP contribution is -2.31. The smallest absolute Gasteiger partial charge is 0.319 e. The van der Waals surface area contributed by atoms with Gasteiger partial charge in [-0.3, -0.25) is 9.69 Å². The van der Waals surface area contributed by atoms with Gasteiger partial charge in [-0.25, -0.2) is 8.78 Å². The van der Waals surface area contributed by atoms with Crippen LogP contribution in [0.25, 0.3) is 0 Å². The van der Waals surface area contributed by atoms with E-state index in [0.717, 1.165) is 12.1 Å². The Morgan fingerprint density at radius 3 is 2.68 bits per heavy atom. The van der Waals surface area contributed by atoms with Crippen molar-refractivity contribution in [3.05, 3.63) is 35.4 Å². The zero-order valence-corrected chi connectivity index (χ0v) is 10.7. The fourth-order valence-electron chi connectivity index (χ4n) is 1.65. The van der Waals surface area contributed by atoms with Gasteiger partial charge in [0.1, 0.15) is 0 Å². The van der Waals surface area contributed by atoms with Crippen LogP contribution in [0.5, 0.6) is 0 Å². The van der Waals surface area contributed by atoms with Gasteiger partial charge in [0.15, 0.2) is 11.6 Å². The van der Waals surface area contributed by atoms with Gasteiger partial charge < -0.3 is 9.84 Å². The van der Waals surface area contributed by atoms with Gasteiger partial charge in [-0.2, -0.15) is 0 Å². The highest BCUT2D eigenvalue weighted by Gasteiger charge is 2.12. The van der Waals surface area contributed by atoms with E-state index in [0.29, 0.717) is 18.5 Å². The van der Waals surface area contributed by atoms with E-state index in [-0.39, 0.29) is 19.7 Å². The fraction of sp³-hybridized carbons (Fsp3) is 0.462. The Hall–Kier alpha value is -1.53. The van der Waals surface area contributed by atoms with Gasteiger partial charge in [0.05, 0.1) is 13.7 Å². The molecule has 0 atom stereocenters. The molecule has 1 N–H and O–H groups in total. The lowest BCUT2D eigenvalue weighted by molar-refractivity contribution is -0.142. The van der Waals surface area contributed by atoms with E-state index in [1.165, 1.54) is 13.2 Å². The summed E-state index contributed by atoms with van der Waals surface area (Å²) in [5.41, 5.74) is 0.556. The molecular formula is C13H17F2NO3. The first-order valence-electron chi connectivity index (χ1n) is 5.90. The highest BCUT2D eigenvalue weighted by atomic mass is 19.2. The second kappa shape index (κ2) is 7.81. The largest absolute Gasteiger partial charge is 0.468 e. The van der Waals surface area contributed by atoms with Crippen LogP contribution < -0.4 is 0 Å². The van der Waals surface area contributed by atoms with E-state index in [1.54, 1.807) is 4.90 Å². The number of halogens is 2. The van der Waals surface area contributed by atoms with Crippen molar-refractivity contribution in [2.45, 2.75) is 13.0 Å². The molecule has 0 heterocycles. The predicted octanol–water partition coefficient (Wildman–Crippen LogP) is 1.32. The van der Waals surface area contributed by atoms with Crippen LogP contribution in [-0.4, -0.2) is 42.8 Å². The average Bonchev–Trinajstić information content (AvgIpc) is 2.40. The van der Waals surface area contributed by atoms with E-state index in [1.807, 2.05) is 0 Å². The van der Waals surface area contributed by atoms with Gasteiger partial charge in [-0.1, -0.05) is 6.07 Å². The first-order chi connectivity index (χ1) is 9.06. The molecule has 0 aliphatic carbocycles. The van der Waals surface area contributed by atoms with Crippen LogP contribution in [0.4, 0.5) is 8.78 Å². The molecule has 0 aromatic heterocycles. The normalized spacial score (nSPS) is 10.8. The van der Waals surface area contributed by atoms with E-state index >= 15 is 0 Å². The summed E-state index contributed by atoms with van der Waals surface area (Å²) < 4.78 is 30.5. The molecule has 0 aliphatic heterocycles. The monoisotopic (exact) mass is 273 g/mol. The maximum absolute atomic E-state index is 13.1. The van der Waals surface area contributed by atoms with E-state index in [9.17, 15) is 13.6 Å². The molecule has 0 radical (unpaired) electrons. The Balaban J connectivity index is 2.69. The quantitative estimate of drug-likeness (QED) is 0.761. The minimum absolute atomic E-state index is 0.00451. The van der Waals surface area contributed by atoms with Gasteiger partial charge in [0.25, 0.3) is 0 Å². The molecule has 1 aromatic rings. The first kappa shape index (κ1) is 15.5. The van der Waals surface area contributed by atoms with E-state index < -0.39 is 17.6 Å². The van der Waals surface area contributed by atoms with Crippen molar-refractivity contribution < 1.29 is 23.4 Å². The van der Waals surface area contributed by atoms with Crippen molar-refractivity contribution in [1.29, 1.82) is 0 Å². The lowest BCUT2D eigenvalue weighted by Gasteiger charge is -2.20.